The topological polar surface area (TPSA) is 43.4 Å². The number of benzene rings is 2. The van der Waals surface area contributed by atoms with Gasteiger partial charge in [-0.15, -0.1) is 0 Å². The van der Waals surface area contributed by atoms with Gasteiger partial charge in [-0.3, -0.25) is 9.59 Å². The fourth-order valence-corrected chi connectivity index (χ4v) is 3.75. The van der Waals surface area contributed by atoms with E-state index in [2.05, 4.69) is 0 Å². The molecule has 2 heterocycles. The monoisotopic (exact) mass is 278 g/mol. The van der Waals surface area contributed by atoms with Gasteiger partial charge >= 0.3 is 11.9 Å². The quantitative estimate of drug-likeness (QED) is 0.626. The van der Waals surface area contributed by atoms with E-state index in [0.717, 1.165) is 11.1 Å². The highest BCUT2D eigenvalue weighted by Crippen LogP contribution is 2.60. The maximum absolute atomic E-state index is 12.2. The van der Waals surface area contributed by atoms with E-state index < -0.39 is 0 Å². The van der Waals surface area contributed by atoms with E-state index in [4.69, 9.17) is 4.74 Å². The standard InChI is InChI=1S/C18H14O3/c19-17-15-13(11-7-3-1-4-8-11)16(18(20)21-17)14(15)12-9-5-2-6-10-12/h1-10,13-16H/t13-,14?,15-,16+. The van der Waals surface area contributed by atoms with Gasteiger partial charge in [-0.1, -0.05) is 60.7 Å². The van der Waals surface area contributed by atoms with Crippen LogP contribution in [-0.4, -0.2) is 11.9 Å². The average molecular weight is 278 g/mol. The number of hydrogen-bond acceptors (Lipinski definition) is 3. The Hall–Kier alpha value is -2.42. The van der Waals surface area contributed by atoms with E-state index in [1.807, 2.05) is 60.7 Å². The lowest BCUT2D eigenvalue weighted by Crippen LogP contribution is -2.57. The SMILES string of the molecule is O=C1OC(=O)[C@H]2C(c3ccccc3)[C@@H]1[C@@H]2c1ccccc1. The number of carbonyl (C=O) groups excluding carboxylic acids is 2. The van der Waals surface area contributed by atoms with Gasteiger partial charge in [0.2, 0.25) is 0 Å². The lowest BCUT2D eigenvalue weighted by Gasteiger charge is -2.52. The maximum Gasteiger partial charge on any atom is 0.317 e. The number of carbonyl (C=O) groups is 2. The summed E-state index contributed by atoms with van der Waals surface area (Å²) in [6.07, 6.45) is 0. The van der Waals surface area contributed by atoms with Crippen LogP contribution >= 0.6 is 0 Å². The van der Waals surface area contributed by atoms with Crippen LogP contribution in [0.3, 0.4) is 0 Å². The van der Waals surface area contributed by atoms with E-state index in [-0.39, 0.29) is 35.6 Å². The largest absolute Gasteiger partial charge is 0.393 e. The predicted octanol–water partition coefficient (Wildman–Crippen LogP) is 2.88. The smallest absolute Gasteiger partial charge is 0.317 e. The molecule has 2 aliphatic heterocycles. The molecule has 104 valence electrons. The molecule has 2 aromatic rings. The summed E-state index contributed by atoms with van der Waals surface area (Å²) in [4.78, 5) is 24.3. The van der Waals surface area contributed by atoms with Gasteiger partial charge in [-0.2, -0.15) is 0 Å². The minimum absolute atomic E-state index is 0.0508. The zero-order chi connectivity index (χ0) is 14.4. The average Bonchev–Trinajstić information content (AvgIpc) is 2.48. The summed E-state index contributed by atoms with van der Waals surface area (Å²) in [7, 11) is 0. The van der Waals surface area contributed by atoms with Crippen LogP contribution in [0, 0.1) is 11.8 Å². The lowest BCUT2D eigenvalue weighted by atomic mass is 9.51. The van der Waals surface area contributed by atoms with E-state index in [0.29, 0.717) is 0 Å². The van der Waals surface area contributed by atoms with Crippen molar-refractivity contribution in [2.75, 3.05) is 0 Å². The van der Waals surface area contributed by atoms with Crippen molar-refractivity contribution in [3.63, 3.8) is 0 Å². The molecule has 2 bridgehead atoms. The zero-order valence-corrected chi connectivity index (χ0v) is 11.3. The van der Waals surface area contributed by atoms with Crippen LogP contribution in [0.2, 0.25) is 0 Å². The second kappa shape index (κ2) is 4.55. The normalized spacial score (nSPS) is 30.5. The molecule has 1 aliphatic carbocycles. The third-order valence-corrected chi connectivity index (χ3v) is 4.66. The van der Waals surface area contributed by atoms with Crippen LogP contribution in [0.5, 0.6) is 0 Å². The molecule has 0 N–H and O–H groups in total. The number of fused-ring (bicyclic) bond motifs is 2. The van der Waals surface area contributed by atoms with Gasteiger partial charge in [-0.25, -0.2) is 0 Å². The Morgan fingerprint density at radius 3 is 1.33 bits per heavy atom. The summed E-state index contributed by atoms with van der Waals surface area (Å²) in [5, 5.41) is 0. The van der Waals surface area contributed by atoms with Gasteiger partial charge in [-0.05, 0) is 11.1 Å². The van der Waals surface area contributed by atoms with Crippen LogP contribution in [-0.2, 0) is 14.3 Å². The molecule has 0 spiro atoms. The van der Waals surface area contributed by atoms with Crippen molar-refractivity contribution in [2.24, 2.45) is 11.8 Å². The summed E-state index contributed by atoms with van der Waals surface area (Å²) in [6, 6.07) is 19.6. The summed E-state index contributed by atoms with van der Waals surface area (Å²) in [5.74, 6) is -1.37. The first-order valence-electron chi connectivity index (χ1n) is 7.13. The Balaban J connectivity index is 1.77. The molecule has 0 radical (unpaired) electrons. The van der Waals surface area contributed by atoms with Gasteiger partial charge < -0.3 is 4.74 Å². The molecular weight excluding hydrogens is 264 g/mol. The predicted molar refractivity (Wildman–Crippen MR) is 76.4 cm³/mol. The minimum atomic E-state index is -0.384. The molecule has 0 aromatic heterocycles. The molecule has 5 rings (SSSR count). The minimum Gasteiger partial charge on any atom is -0.393 e. The molecule has 2 aromatic carbocycles. The van der Waals surface area contributed by atoms with Gasteiger partial charge in [0.05, 0.1) is 11.8 Å². The van der Waals surface area contributed by atoms with Gasteiger partial charge in [0, 0.05) is 11.8 Å². The number of rotatable bonds is 2. The first kappa shape index (κ1) is 12.3. The molecular formula is C18H14O3. The molecule has 1 saturated carbocycles. The van der Waals surface area contributed by atoms with E-state index in [1.165, 1.54) is 0 Å². The molecule has 21 heavy (non-hydrogen) atoms. The summed E-state index contributed by atoms with van der Waals surface area (Å²) < 4.78 is 4.87. The van der Waals surface area contributed by atoms with Crippen LogP contribution in [0.25, 0.3) is 0 Å². The summed E-state index contributed by atoms with van der Waals surface area (Å²) in [6.45, 7) is 0. The van der Waals surface area contributed by atoms with E-state index >= 15 is 0 Å². The second-order valence-corrected chi connectivity index (χ2v) is 5.66. The Morgan fingerprint density at radius 1 is 0.571 bits per heavy atom. The summed E-state index contributed by atoms with van der Waals surface area (Å²) in [5.41, 5.74) is 2.09. The molecule has 0 unspecified atom stereocenters. The maximum atomic E-state index is 12.2. The molecule has 3 aliphatic rings. The van der Waals surface area contributed by atoms with Crippen molar-refractivity contribution >= 4 is 11.9 Å². The molecule has 0 amide bonds. The fraction of sp³-hybridized carbons (Fsp3) is 0.222. The van der Waals surface area contributed by atoms with Gasteiger partial charge in [0.1, 0.15) is 0 Å². The molecule has 2 saturated heterocycles. The second-order valence-electron chi connectivity index (χ2n) is 5.66. The Kier molecular flexibility index (Phi) is 2.67. The lowest BCUT2D eigenvalue weighted by molar-refractivity contribution is -0.188. The van der Waals surface area contributed by atoms with Crippen LogP contribution in [0.15, 0.2) is 60.7 Å². The highest BCUT2D eigenvalue weighted by molar-refractivity contribution is 5.97. The number of hydrogen-bond donors (Lipinski definition) is 0. The Labute approximate surface area is 122 Å². The Morgan fingerprint density at radius 2 is 0.952 bits per heavy atom. The third-order valence-electron chi connectivity index (χ3n) is 4.66. The van der Waals surface area contributed by atoms with Crippen molar-refractivity contribution in [3.05, 3.63) is 71.8 Å². The number of ether oxygens (including phenoxy) is 1. The third kappa shape index (κ3) is 1.74. The van der Waals surface area contributed by atoms with Crippen molar-refractivity contribution in [3.8, 4) is 0 Å². The highest BCUT2D eigenvalue weighted by Gasteiger charge is 2.63. The fourth-order valence-electron chi connectivity index (χ4n) is 3.75. The van der Waals surface area contributed by atoms with Crippen molar-refractivity contribution < 1.29 is 14.3 Å². The highest BCUT2D eigenvalue weighted by atomic mass is 16.6. The molecule has 3 fully saturated rings. The van der Waals surface area contributed by atoms with Crippen molar-refractivity contribution in [1.29, 1.82) is 0 Å². The first-order valence-corrected chi connectivity index (χ1v) is 7.13. The van der Waals surface area contributed by atoms with Gasteiger partial charge in [0.25, 0.3) is 0 Å². The zero-order valence-electron chi connectivity index (χ0n) is 11.3. The number of esters is 2. The van der Waals surface area contributed by atoms with Crippen molar-refractivity contribution in [2.45, 2.75) is 11.8 Å². The van der Waals surface area contributed by atoms with Crippen LogP contribution in [0.4, 0.5) is 0 Å². The van der Waals surface area contributed by atoms with Crippen LogP contribution < -0.4 is 0 Å². The van der Waals surface area contributed by atoms with Crippen molar-refractivity contribution in [1.82, 2.24) is 0 Å². The summed E-state index contributed by atoms with van der Waals surface area (Å²) >= 11 is 0. The Bertz CT molecular complexity index is 623. The first-order chi connectivity index (χ1) is 10.3. The van der Waals surface area contributed by atoms with Crippen LogP contribution in [0.1, 0.15) is 23.0 Å². The molecule has 3 nitrogen and oxygen atoms in total. The van der Waals surface area contributed by atoms with Gasteiger partial charge in [0.15, 0.2) is 0 Å². The molecule has 3 heteroatoms. The van der Waals surface area contributed by atoms with E-state index in [9.17, 15) is 9.59 Å². The van der Waals surface area contributed by atoms with E-state index in [1.54, 1.807) is 0 Å². The molecule has 0 atom stereocenters.